The van der Waals surface area contributed by atoms with Crippen LogP contribution in [0.25, 0.3) is 0 Å². The molecule has 1 fully saturated rings. The Kier molecular flexibility index (Phi) is 7.47. The van der Waals surface area contributed by atoms with E-state index in [2.05, 4.69) is 66.7 Å². The highest BCUT2D eigenvalue weighted by atomic mass is 32.2. The first-order valence-corrected chi connectivity index (χ1v) is 13.0. The van der Waals surface area contributed by atoms with Crippen molar-refractivity contribution in [2.24, 2.45) is 5.92 Å². The second kappa shape index (κ2) is 9.74. The molecule has 1 aromatic heterocycles. The first kappa shape index (κ1) is 23.8. The molecule has 1 aliphatic rings. The predicted octanol–water partition coefficient (Wildman–Crippen LogP) is 4.13. The lowest BCUT2D eigenvalue weighted by molar-refractivity contribution is 0.176. The van der Waals surface area contributed by atoms with Crippen LogP contribution in [0, 0.1) is 12.8 Å². The molecule has 0 radical (unpaired) electrons. The van der Waals surface area contributed by atoms with Crippen molar-refractivity contribution in [3.8, 4) is 0 Å². The molecular formula is C24H38N4O2S. The molecule has 3 rings (SSSR count). The van der Waals surface area contributed by atoms with Gasteiger partial charge in [0, 0.05) is 44.5 Å². The molecule has 0 bridgehead atoms. The fraction of sp³-hybridized carbons (Fsp3) is 0.625. The number of nitrogens with zero attached hydrogens (tertiary/aromatic N) is 4. The van der Waals surface area contributed by atoms with Gasteiger partial charge < -0.3 is 9.47 Å². The van der Waals surface area contributed by atoms with E-state index in [4.69, 9.17) is 0 Å². The molecule has 31 heavy (non-hydrogen) atoms. The van der Waals surface area contributed by atoms with Gasteiger partial charge in [-0.3, -0.25) is 4.90 Å². The lowest BCUT2D eigenvalue weighted by Gasteiger charge is -2.41. The van der Waals surface area contributed by atoms with Crippen LogP contribution in [0.2, 0.25) is 0 Å². The van der Waals surface area contributed by atoms with E-state index in [1.807, 2.05) is 4.57 Å². The van der Waals surface area contributed by atoms with Crippen LogP contribution in [0.1, 0.15) is 52.3 Å². The summed E-state index contributed by atoms with van der Waals surface area (Å²) in [4.78, 5) is 9.27. The Morgan fingerprint density at radius 1 is 1.10 bits per heavy atom. The van der Waals surface area contributed by atoms with Gasteiger partial charge in [0.15, 0.2) is 0 Å². The summed E-state index contributed by atoms with van der Waals surface area (Å²) in [6.07, 6.45) is 2.70. The number of rotatable bonds is 8. The molecule has 1 aromatic carbocycles. The number of imidazole rings is 1. The first-order valence-electron chi connectivity index (χ1n) is 11.4. The Hall–Kier alpha value is -1.86. The van der Waals surface area contributed by atoms with Gasteiger partial charge in [0.05, 0.1) is 17.1 Å². The quantitative estimate of drug-likeness (QED) is 0.610. The average molecular weight is 447 g/mol. The minimum Gasteiger partial charge on any atom is -0.369 e. The van der Waals surface area contributed by atoms with Gasteiger partial charge in [0.1, 0.15) is 0 Å². The van der Waals surface area contributed by atoms with E-state index in [1.165, 1.54) is 11.3 Å². The SMILES string of the molecule is Cc1ccc(N2CCN(Cc3cnc(S(=O)(=O)C(C)C)n3CCC(C)C)[C@H](C)C2)cc1. The van der Waals surface area contributed by atoms with E-state index in [0.717, 1.165) is 38.3 Å². The van der Waals surface area contributed by atoms with Crippen LogP contribution in [0.3, 0.4) is 0 Å². The largest absolute Gasteiger partial charge is 0.369 e. The van der Waals surface area contributed by atoms with Crippen LogP contribution in [0.15, 0.2) is 35.6 Å². The summed E-state index contributed by atoms with van der Waals surface area (Å²) in [5.74, 6) is 0.502. The van der Waals surface area contributed by atoms with Crippen LogP contribution < -0.4 is 4.90 Å². The number of hydrogen-bond acceptors (Lipinski definition) is 5. The van der Waals surface area contributed by atoms with Gasteiger partial charge in [-0.2, -0.15) is 0 Å². The second-order valence-corrected chi connectivity index (χ2v) is 12.0. The highest BCUT2D eigenvalue weighted by molar-refractivity contribution is 7.91. The molecule has 0 spiro atoms. The van der Waals surface area contributed by atoms with Crippen molar-refractivity contribution in [3.05, 3.63) is 41.7 Å². The third-order valence-corrected chi connectivity index (χ3v) is 8.31. The molecule has 172 valence electrons. The van der Waals surface area contributed by atoms with Crippen molar-refractivity contribution in [2.45, 2.75) is 77.5 Å². The number of sulfone groups is 1. The Balaban J connectivity index is 1.77. The molecule has 7 heteroatoms. The van der Waals surface area contributed by atoms with Crippen molar-refractivity contribution in [1.82, 2.24) is 14.5 Å². The van der Waals surface area contributed by atoms with Crippen LogP contribution in [0.5, 0.6) is 0 Å². The zero-order valence-electron chi connectivity index (χ0n) is 19.9. The van der Waals surface area contributed by atoms with Crippen LogP contribution in [0.4, 0.5) is 5.69 Å². The Morgan fingerprint density at radius 3 is 2.35 bits per heavy atom. The molecule has 2 heterocycles. The maximum absolute atomic E-state index is 12.9. The number of anilines is 1. The van der Waals surface area contributed by atoms with E-state index in [1.54, 1.807) is 20.0 Å². The summed E-state index contributed by atoms with van der Waals surface area (Å²) in [6.45, 7) is 16.4. The van der Waals surface area contributed by atoms with Gasteiger partial charge in [0.25, 0.3) is 0 Å². The van der Waals surface area contributed by atoms with Crippen molar-refractivity contribution < 1.29 is 8.42 Å². The van der Waals surface area contributed by atoms with E-state index in [9.17, 15) is 8.42 Å². The molecule has 2 aromatic rings. The number of aromatic nitrogens is 2. The van der Waals surface area contributed by atoms with Gasteiger partial charge in [0.2, 0.25) is 15.0 Å². The highest BCUT2D eigenvalue weighted by Gasteiger charge is 2.29. The Morgan fingerprint density at radius 2 is 1.77 bits per heavy atom. The second-order valence-electron chi connectivity index (χ2n) is 9.56. The molecule has 0 amide bonds. The van der Waals surface area contributed by atoms with Crippen LogP contribution >= 0.6 is 0 Å². The van der Waals surface area contributed by atoms with Gasteiger partial charge in [-0.15, -0.1) is 0 Å². The zero-order valence-corrected chi connectivity index (χ0v) is 20.7. The minimum absolute atomic E-state index is 0.226. The fourth-order valence-corrected chi connectivity index (χ4v) is 5.15. The Bertz CT molecular complexity index is 964. The Labute approximate surface area is 188 Å². The summed E-state index contributed by atoms with van der Waals surface area (Å²) in [6, 6.07) is 9.09. The fourth-order valence-electron chi connectivity index (χ4n) is 4.01. The van der Waals surface area contributed by atoms with E-state index >= 15 is 0 Å². The van der Waals surface area contributed by atoms with Crippen molar-refractivity contribution in [1.29, 1.82) is 0 Å². The van der Waals surface area contributed by atoms with Gasteiger partial charge in [-0.25, -0.2) is 13.4 Å². The van der Waals surface area contributed by atoms with Crippen molar-refractivity contribution >= 4 is 15.5 Å². The summed E-state index contributed by atoms with van der Waals surface area (Å²) >= 11 is 0. The maximum Gasteiger partial charge on any atom is 0.228 e. The molecule has 6 nitrogen and oxygen atoms in total. The van der Waals surface area contributed by atoms with E-state index in [0.29, 0.717) is 18.5 Å². The smallest absolute Gasteiger partial charge is 0.228 e. The summed E-state index contributed by atoms with van der Waals surface area (Å²) < 4.78 is 27.7. The van der Waals surface area contributed by atoms with Crippen molar-refractivity contribution in [3.63, 3.8) is 0 Å². The van der Waals surface area contributed by atoms with Crippen LogP contribution in [-0.4, -0.2) is 53.8 Å². The zero-order chi connectivity index (χ0) is 22.8. The van der Waals surface area contributed by atoms with Gasteiger partial charge >= 0.3 is 0 Å². The standard InChI is InChI=1S/C24H38N4O2S/c1-18(2)11-12-28-23(15-25-24(28)31(29,30)19(3)4)17-26-13-14-27(16-21(26)6)22-9-7-20(5)8-10-22/h7-10,15,18-19,21H,11-14,16-17H2,1-6H3/t21-/m1/s1. The first-order chi connectivity index (χ1) is 14.6. The normalized spacial score (nSPS) is 18.3. The topological polar surface area (TPSA) is 58.4 Å². The van der Waals surface area contributed by atoms with Crippen LogP contribution in [-0.2, 0) is 22.9 Å². The molecule has 1 saturated heterocycles. The monoisotopic (exact) mass is 446 g/mol. The molecule has 1 aliphatic heterocycles. The molecule has 0 unspecified atom stereocenters. The maximum atomic E-state index is 12.9. The third-order valence-electron chi connectivity index (χ3n) is 6.24. The van der Waals surface area contributed by atoms with E-state index in [-0.39, 0.29) is 5.16 Å². The van der Waals surface area contributed by atoms with E-state index < -0.39 is 15.1 Å². The minimum atomic E-state index is -3.41. The number of benzene rings is 1. The molecule has 0 saturated carbocycles. The molecule has 1 atom stereocenters. The third kappa shape index (κ3) is 5.50. The van der Waals surface area contributed by atoms with Gasteiger partial charge in [-0.05, 0) is 52.2 Å². The molecule has 0 N–H and O–H groups in total. The van der Waals surface area contributed by atoms with Gasteiger partial charge in [-0.1, -0.05) is 31.5 Å². The molecular weight excluding hydrogens is 408 g/mol. The lowest BCUT2D eigenvalue weighted by Crippen LogP contribution is -2.51. The number of hydrogen-bond donors (Lipinski definition) is 0. The lowest BCUT2D eigenvalue weighted by atomic mass is 10.1. The molecule has 0 aliphatic carbocycles. The van der Waals surface area contributed by atoms with Crippen molar-refractivity contribution in [2.75, 3.05) is 24.5 Å². The average Bonchev–Trinajstić information content (AvgIpc) is 3.11. The summed E-state index contributed by atoms with van der Waals surface area (Å²) in [5, 5.41) is -0.248. The summed E-state index contributed by atoms with van der Waals surface area (Å²) in [7, 11) is -3.41. The number of piperazine rings is 1. The number of aryl methyl sites for hydroxylation is 1. The highest BCUT2D eigenvalue weighted by Crippen LogP contribution is 2.23. The predicted molar refractivity (Wildman–Crippen MR) is 127 cm³/mol. The summed E-state index contributed by atoms with van der Waals surface area (Å²) in [5.41, 5.74) is 3.54.